The molecule has 2 aromatic rings. The third kappa shape index (κ3) is 5.03. The van der Waals surface area contributed by atoms with Crippen LogP contribution in [-0.2, 0) is 4.79 Å². The molecule has 1 N–H and O–H groups in total. The molecule has 0 bridgehead atoms. The maximum absolute atomic E-state index is 11.9. The number of nitrogens with one attached hydrogen (secondary N) is 1. The number of ether oxygens (including phenoxy) is 1. The molecule has 0 radical (unpaired) electrons. The molecule has 7 nitrogen and oxygen atoms in total. The smallest absolute Gasteiger partial charge is 0.288 e. The molecule has 0 saturated carbocycles. The lowest BCUT2D eigenvalue weighted by Crippen LogP contribution is -2.25. The maximum Gasteiger partial charge on any atom is 0.288 e. The minimum absolute atomic E-state index is 0.0392. The van der Waals surface area contributed by atoms with Gasteiger partial charge >= 0.3 is 0 Å². The van der Waals surface area contributed by atoms with E-state index in [-0.39, 0.29) is 17.3 Å². The van der Waals surface area contributed by atoms with Crippen LogP contribution in [0.5, 0.6) is 5.75 Å². The SMILES string of the molecule is C/C(=N/NC(=O)COc1ccc(C)c(C)c1)c1ccc(Cl)c([N+](=O)[O-])c1. The first-order valence-corrected chi connectivity index (χ1v) is 8.13. The Morgan fingerprint density at radius 2 is 1.96 bits per heavy atom. The summed E-state index contributed by atoms with van der Waals surface area (Å²) in [6, 6.07) is 9.86. The average Bonchev–Trinajstić information content (AvgIpc) is 2.60. The van der Waals surface area contributed by atoms with Crippen LogP contribution in [-0.4, -0.2) is 23.1 Å². The lowest BCUT2D eigenvalue weighted by atomic mass is 10.1. The van der Waals surface area contributed by atoms with Crippen molar-refractivity contribution in [1.29, 1.82) is 0 Å². The van der Waals surface area contributed by atoms with Crippen LogP contribution in [0.3, 0.4) is 0 Å². The number of carbonyl (C=O) groups excluding carboxylic acids is 1. The molecule has 0 heterocycles. The molecule has 26 heavy (non-hydrogen) atoms. The van der Waals surface area contributed by atoms with Crippen LogP contribution < -0.4 is 10.2 Å². The van der Waals surface area contributed by atoms with Gasteiger partial charge in [0.05, 0.1) is 10.6 Å². The van der Waals surface area contributed by atoms with Crippen molar-refractivity contribution in [2.24, 2.45) is 5.10 Å². The summed E-state index contributed by atoms with van der Waals surface area (Å²) in [4.78, 5) is 22.2. The Kier molecular flexibility index (Phi) is 6.30. The standard InChI is InChI=1S/C18H18ClN3O4/c1-11-4-6-15(8-12(11)2)26-10-18(23)21-20-13(3)14-5-7-16(19)17(9-14)22(24)25/h4-9H,10H2,1-3H3,(H,21,23)/b20-13-. The summed E-state index contributed by atoms with van der Waals surface area (Å²) in [6.07, 6.45) is 0. The normalized spacial score (nSPS) is 11.2. The third-order valence-corrected chi connectivity index (χ3v) is 4.08. The second-order valence-electron chi connectivity index (χ2n) is 5.69. The number of aryl methyl sites for hydroxylation is 2. The molecule has 0 aliphatic rings. The summed E-state index contributed by atoms with van der Waals surface area (Å²) in [5.41, 5.74) is 5.24. The summed E-state index contributed by atoms with van der Waals surface area (Å²) in [5.74, 6) is 0.156. The van der Waals surface area contributed by atoms with Gasteiger partial charge in [0.25, 0.3) is 11.6 Å². The number of nitrogens with zero attached hydrogens (tertiary/aromatic N) is 2. The Hall–Kier alpha value is -2.93. The highest BCUT2D eigenvalue weighted by atomic mass is 35.5. The minimum atomic E-state index is -0.574. The van der Waals surface area contributed by atoms with Gasteiger partial charge in [-0.05, 0) is 50.1 Å². The number of benzene rings is 2. The third-order valence-electron chi connectivity index (χ3n) is 3.76. The van der Waals surface area contributed by atoms with E-state index < -0.39 is 10.8 Å². The second kappa shape index (κ2) is 8.44. The minimum Gasteiger partial charge on any atom is -0.484 e. The Labute approximate surface area is 155 Å². The van der Waals surface area contributed by atoms with Crippen molar-refractivity contribution in [3.8, 4) is 5.75 Å². The van der Waals surface area contributed by atoms with Gasteiger partial charge in [0.2, 0.25) is 0 Å². The van der Waals surface area contributed by atoms with Gasteiger partial charge in [-0.1, -0.05) is 23.7 Å². The number of hydrogen-bond acceptors (Lipinski definition) is 5. The van der Waals surface area contributed by atoms with E-state index in [9.17, 15) is 14.9 Å². The van der Waals surface area contributed by atoms with Crippen molar-refractivity contribution in [3.63, 3.8) is 0 Å². The molecule has 0 aliphatic heterocycles. The number of hydrazone groups is 1. The quantitative estimate of drug-likeness (QED) is 0.472. The molecule has 2 rings (SSSR count). The van der Waals surface area contributed by atoms with Gasteiger partial charge in [-0.2, -0.15) is 5.10 Å². The van der Waals surface area contributed by atoms with E-state index in [1.807, 2.05) is 26.0 Å². The molecule has 0 aliphatic carbocycles. The van der Waals surface area contributed by atoms with Gasteiger partial charge in [-0.25, -0.2) is 5.43 Å². The largest absolute Gasteiger partial charge is 0.484 e. The van der Waals surface area contributed by atoms with E-state index in [2.05, 4.69) is 10.5 Å². The Morgan fingerprint density at radius 3 is 2.62 bits per heavy atom. The number of halogens is 1. The lowest BCUT2D eigenvalue weighted by molar-refractivity contribution is -0.384. The summed E-state index contributed by atoms with van der Waals surface area (Å²) >= 11 is 5.78. The summed E-state index contributed by atoms with van der Waals surface area (Å²) < 4.78 is 5.42. The molecule has 0 unspecified atom stereocenters. The van der Waals surface area contributed by atoms with Gasteiger partial charge in [0, 0.05) is 11.6 Å². The van der Waals surface area contributed by atoms with Gasteiger partial charge in [0.1, 0.15) is 10.8 Å². The van der Waals surface area contributed by atoms with Gasteiger partial charge in [0.15, 0.2) is 6.61 Å². The molecule has 0 spiro atoms. The molecule has 0 saturated heterocycles. The Morgan fingerprint density at radius 1 is 1.23 bits per heavy atom. The first-order valence-electron chi connectivity index (χ1n) is 7.75. The zero-order valence-electron chi connectivity index (χ0n) is 14.6. The number of nitro groups is 1. The monoisotopic (exact) mass is 375 g/mol. The van der Waals surface area contributed by atoms with Crippen molar-refractivity contribution in [2.45, 2.75) is 20.8 Å². The molecule has 8 heteroatoms. The molecule has 1 amide bonds. The molecule has 136 valence electrons. The van der Waals surface area contributed by atoms with Crippen LogP contribution >= 0.6 is 11.6 Å². The van der Waals surface area contributed by atoms with E-state index >= 15 is 0 Å². The van der Waals surface area contributed by atoms with Crippen LogP contribution in [0.25, 0.3) is 0 Å². The number of nitro benzene ring substituents is 1. The highest BCUT2D eigenvalue weighted by molar-refractivity contribution is 6.32. The van der Waals surface area contributed by atoms with Crippen molar-refractivity contribution in [1.82, 2.24) is 5.43 Å². The van der Waals surface area contributed by atoms with Gasteiger partial charge in [-0.15, -0.1) is 0 Å². The van der Waals surface area contributed by atoms with Crippen molar-refractivity contribution in [3.05, 3.63) is 68.2 Å². The molecule has 0 fully saturated rings. The number of amides is 1. The highest BCUT2D eigenvalue weighted by Gasteiger charge is 2.14. The summed E-state index contributed by atoms with van der Waals surface area (Å²) in [7, 11) is 0. The van der Waals surface area contributed by atoms with E-state index in [1.165, 1.54) is 12.1 Å². The van der Waals surface area contributed by atoms with Gasteiger partial charge in [-0.3, -0.25) is 14.9 Å². The van der Waals surface area contributed by atoms with Crippen LogP contribution in [0.4, 0.5) is 5.69 Å². The number of hydrogen-bond donors (Lipinski definition) is 1. The first-order chi connectivity index (χ1) is 12.3. The summed E-state index contributed by atoms with van der Waals surface area (Å²) in [6.45, 7) is 5.38. The van der Waals surface area contributed by atoms with Crippen LogP contribution in [0, 0.1) is 24.0 Å². The van der Waals surface area contributed by atoms with Crippen molar-refractivity contribution < 1.29 is 14.5 Å². The average molecular weight is 376 g/mol. The van der Waals surface area contributed by atoms with Crippen molar-refractivity contribution >= 4 is 28.9 Å². The molecule has 0 atom stereocenters. The highest BCUT2D eigenvalue weighted by Crippen LogP contribution is 2.25. The predicted molar refractivity (Wildman–Crippen MR) is 99.9 cm³/mol. The number of carbonyl (C=O) groups is 1. The van der Waals surface area contributed by atoms with E-state index in [1.54, 1.807) is 19.1 Å². The van der Waals surface area contributed by atoms with Crippen LogP contribution in [0.2, 0.25) is 5.02 Å². The first kappa shape index (κ1) is 19.4. The Bertz CT molecular complexity index is 881. The molecule has 0 aromatic heterocycles. The molecular weight excluding hydrogens is 358 g/mol. The zero-order valence-corrected chi connectivity index (χ0v) is 15.3. The fourth-order valence-corrected chi connectivity index (χ4v) is 2.26. The molecule has 2 aromatic carbocycles. The fraction of sp³-hybridized carbons (Fsp3) is 0.222. The topological polar surface area (TPSA) is 93.8 Å². The fourth-order valence-electron chi connectivity index (χ4n) is 2.07. The van der Waals surface area contributed by atoms with E-state index in [0.29, 0.717) is 17.0 Å². The zero-order chi connectivity index (χ0) is 19.3. The predicted octanol–water partition coefficient (Wildman–Crippen LogP) is 3.78. The van der Waals surface area contributed by atoms with Gasteiger partial charge < -0.3 is 4.74 Å². The van der Waals surface area contributed by atoms with E-state index in [4.69, 9.17) is 16.3 Å². The van der Waals surface area contributed by atoms with Crippen LogP contribution in [0.15, 0.2) is 41.5 Å². The lowest BCUT2D eigenvalue weighted by Gasteiger charge is -2.08. The Balaban J connectivity index is 1.97. The molecular formula is C18H18ClN3O4. The van der Waals surface area contributed by atoms with Crippen LogP contribution in [0.1, 0.15) is 23.6 Å². The maximum atomic E-state index is 11.9. The van der Waals surface area contributed by atoms with E-state index in [0.717, 1.165) is 11.1 Å². The summed E-state index contributed by atoms with van der Waals surface area (Å²) in [5, 5.41) is 14.9. The second-order valence-corrected chi connectivity index (χ2v) is 6.10. The van der Waals surface area contributed by atoms with Crippen molar-refractivity contribution in [2.75, 3.05) is 6.61 Å². The number of rotatable bonds is 6.